The topological polar surface area (TPSA) is 96.3 Å². The van der Waals surface area contributed by atoms with Crippen LogP contribution < -0.4 is 10.6 Å². The molecule has 2 aromatic rings. The molecule has 2 amide bonds. The predicted octanol–water partition coefficient (Wildman–Crippen LogP) is 1.79. The zero-order valence-electron chi connectivity index (χ0n) is 11.3. The van der Waals surface area contributed by atoms with E-state index >= 15 is 0 Å². The summed E-state index contributed by atoms with van der Waals surface area (Å²) in [5.41, 5.74) is 0.730. The second kappa shape index (κ2) is 7.09. The minimum atomic E-state index is -0.995. The molecule has 7 heteroatoms. The van der Waals surface area contributed by atoms with Crippen molar-refractivity contribution in [2.45, 2.75) is 13.0 Å². The Balaban J connectivity index is 1.70. The third-order valence-corrected chi connectivity index (χ3v) is 2.83. The van der Waals surface area contributed by atoms with Gasteiger partial charge in [0.05, 0.1) is 11.9 Å². The molecule has 0 aliphatic rings. The Hall–Kier alpha value is -2.83. The molecule has 0 spiro atoms. The molecule has 0 saturated heterocycles. The molecule has 7 nitrogen and oxygen atoms in total. The largest absolute Gasteiger partial charge is 0.478 e. The van der Waals surface area contributed by atoms with Crippen molar-refractivity contribution in [1.82, 2.24) is 14.9 Å². The van der Waals surface area contributed by atoms with E-state index in [1.54, 1.807) is 24.7 Å². The van der Waals surface area contributed by atoms with Gasteiger partial charge in [-0.15, -0.1) is 0 Å². The minimum absolute atomic E-state index is 0.182. The van der Waals surface area contributed by atoms with Crippen molar-refractivity contribution in [3.05, 3.63) is 48.5 Å². The number of nitrogens with one attached hydrogen (secondary N) is 2. The van der Waals surface area contributed by atoms with Crippen LogP contribution in [-0.2, 0) is 6.54 Å². The normalized spacial score (nSPS) is 10.1. The number of hydrogen-bond donors (Lipinski definition) is 3. The molecule has 1 aromatic heterocycles. The fraction of sp³-hybridized carbons (Fsp3) is 0.214. The summed E-state index contributed by atoms with van der Waals surface area (Å²) in [5, 5.41) is 14.1. The Morgan fingerprint density at radius 2 is 2.00 bits per heavy atom. The van der Waals surface area contributed by atoms with Gasteiger partial charge in [0.1, 0.15) is 0 Å². The standard InChI is InChI=1S/C14H16N4O3/c19-13(20)11-2-4-12(5-3-11)17-14(21)16-6-1-8-18-9-7-15-10-18/h2-5,7,9-10H,1,6,8H2,(H,19,20)(H2,16,17,21). The number of carbonyl (C=O) groups is 2. The highest BCUT2D eigenvalue weighted by Gasteiger charge is 2.04. The molecule has 110 valence electrons. The highest BCUT2D eigenvalue weighted by atomic mass is 16.4. The van der Waals surface area contributed by atoms with E-state index in [0.717, 1.165) is 13.0 Å². The number of aromatic carboxylic acids is 1. The van der Waals surface area contributed by atoms with E-state index in [4.69, 9.17) is 5.11 Å². The van der Waals surface area contributed by atoms with Crippen molar-refractivity contribution in [2.75, 3.05) is 11.9 Å². The summed E-state index contributed by atoms with van der Waals surface area (Å²) < 4.78 is 1.93. The second-order valence-corrected chi connectivity index (χ2v) is 4.42. The number of nitrogens with zero attached hydrogens (tertiary/aromatic N) is 2. The number of hydrogen-bond acceptors (Lipinski definition) is 3. The fourth-order valence-electron chi connectivity index (χ4n) is 1.75. The molecule has 0 aliphatic heterocycles. The van der Waals surface area contributed by atoms with Gasteiger partial charge in [0.25, 0.3) is 0 Å². The number of benzene rings is 1. The molecular weight excluding hydrogens is 272 g/mol. The lowest BCUT2D eigenvalue weighted by Crippen LogP contribution is -2.30. The van der Waals surface area contributed by atoms with E-state index in [-0.39, 0.29) is 11.6 Å². The van der Waals surface area contributed by atoms with Crippen molar-refractivity contribution in [1.29, 1.82) is 0 Å². The number of carboxylic acids is 1. The molecule has 0 saturated carbocycles. The number of urea groups is 1. The van der Waals surface area contributed by atoms with Crippen molar-refractivity contribution >= 4 is 17.7 Å². The first-order chi connectivity index (χ1) is 10.1. The summed E-state index contributed by atoms with van der Waals surface area (Å²) in [7, 11) is 0. The third kappa shape index (κ3) is 4.64. The van der Waals surface area contributed by atoms with E-state index in [1.807, 2.05) is 10.8 Å². The number of rotatable bonds is 6. The molecule has 0 bridgehead atoms. The number of carboxylic acid groups (broad SMARTS) is 1. The zero-order chi connectivity index (χ0) is 15.1. The van der Waals surface area contributed by atoms with Gasteiger partial charge in [-0.3, -0.25) is 0 Å². The molecule has 0 fully saturated rings. The van der Waals surface area contributed by atoms with Crippen LogP contribution in [0.3, 0.4) is 0 Å². The smallest absolute Gasteiger partial charge is 0.335 e. The maximum atomic E-state index is 11.6. The van der Waals surface area contributed by atoms with Gasteiger partial charge in [0.2, 0.25) is 0 Å². The van der Waals surface area contributed by atoms with E-state index in [9.17, 15) is 9.59 Å². The molecule has 2 rings (SSSR count). The van der Waals surface area contributed by atoms with Crippen LogP contribution in [0.15, 0.2) is 43.0 Å². The maximum absolute atomic E-state index is 11.6. The van der Waals surface area contributed by atoms with Crippen molar-refractivity contribution in [3.63, 3.8) is 0 Å². The summed E-state index contributed by atoms with van der Waals surface area (Å²) in [6.07, 6.45) is 6.09. The molecule has 0 unspecified atom stereocenters. The highest BCUT2D eigenvalue weighted by Crippen LogP contribution is 2.09. The van der Waals surface area contributed by atoms with Crippen LogP contribution in [0.4, 0.5) is 10.5 Å². The second-order valence-electron chi connectivity index (χ2n) is 4.42. The molecule has 3 N–H and O–H groups in total. The van der Waals surface area contributed by atoms with Gasteiger partial charge in [0.15, 0.2) is 0 Å². The highest BCUT2D eigenvalue weighted by molar-refractivity contribution is 5.91. The van der Waals surface area contributed by atoms with Gasteiger partial charge in [-0.05, 0) is 30.7 Å². The average Bonchev–Trinajstić information content (AvgIpc) is 2.97. The minimum Gasteiger partial charge on any atom is -0.478 e. The van der Waals surface area contributed by atoms with Crippen LogP contribution in [0.25, 0.3) is 0 Å². The van der Waals surface area contributed by atoms with E-state index in [0.29, 0.717) is 12.2 Å². The van der Waals surface area contributed by atoms with Gasteiger partial charge in [-0.2, -0.15) is 0 Å². The van der Waals surface area contributed by atoms with Gasteiger partial charge in [-0.1, -0.05) is 0 Å². The number of anilines is 1. The lowest BCUT2D eigenvalue weighted by molar-refractivity contribution is 0.0697. The third-order valence-electron chi connectivity index (χ3n) is 2.83. The van der Waals surface area contributed by atoms with Gasteiger partial charge in [-0.25, -0.2) is 14.6 Å². The summed E-state index contributed by atoms with van der Waals surface area (Å²) in [6, 6.07) is 5.67. The van der Waals surface area contributed by atoms with Crippen LogP contribution in [-0.4, -0.2) is 33.2 Å². The maximum Gasteiger partial charge on any atom is 0.335 e. The van der Waals surface area contributed by atoms with Gasteiger partial charge >= 0.3 is 12.0 Å². The monoisotopic (exact) mass is 288 g/mol. The van der Waals surface area contributed by atoms with E-state index in [2.05, 4.69) is 15.6 Å². The van der Waals surface area contributed by atoms with E-state index in [1.165, 1.54) is 12.1 Å². The van der Waals surface area contributed by atoms with Gasteiger partial charge < -0.3 is 20.3 Å². The Labute approximate surface area is 121 Å². The Bertz CT molecular complexity index is 593. The molecule has 1 heterocycles. The SMILES string of the molecule is O=C(NCCCn1ccnc1)Nc1ccc(C(=O)O)cc1. The van der Waals surface area contributed by atoms with Crippen LogP contribution in [0.5, 0.6) is 0 Å². The van der Waals surface area contributed by atoms with Crippen molar-refractivity contribution in [2.24, 2.45) is 0 Å². The first-order valence-electron chi connectivity index (χ1n) is 6.49. The van der Waals surface area contributed by atoms with Crippen LogP contribution in [0.2, 0.25) is 0 Å². The van der Waals surface area contributed by atoms with Crippen LogP contribution in [0.1, 0.15) is 16.8 Å². The number of aryl methyl sites for hydroxylation is 1. The average molecular weight is 288 g/mol. The summed E-state index contributed by atoms with van der Waals surface area (Å²) >= 11 is 0. The number of aromatic nitrogens is 2. The number of imidazole rings is 1. The first-order valence-corrected chi connectivity index (χ1v) is 6.49. The summed E-state index contributed by atoms with van der Waals surface area (Å²) in [5.74, 6) is -0.995. The molecular formula is C14H16N4O3. The molecule has 21 heavy (non-hydrogen) atoms. The Morgan fingerprint density at radius 1 is 1.24 bits per heavy atom. The Kier molecular flexibility index (Phi) is 4.92. The molecule has 0 aliphatic carbocycles. The Morgan fingerprint density at radius 3 is 2.62 bits per heavy atom. The lowest BCUT2D eigenvalue weighted by atomic mass is 10.2. The summed E-state index contributed by atoms with van der Waals surface area (Å²) in [4.78, 5) is 26.3. The molecule has 0 radical (unpaired) electrons. The van der Waals surface area contributed by atoms with Gasteiger partial charge in [0, 0.05) is 31.2 Å². The van der Waals surface area contributed by atoms with Crippen molar-refractivity contribution < 1.29 is 14.7 Å². The van der Waals surface area contributed by atoms with Crippen LogP contribution >= 0.6 is 0 Å². The lowest BCUT2D eigenvalue weighted by Gasteiger charge is -2.08. The number of amides is 2. The quantitative estimate of drug-likeness (QED) is 0.706. The van der Waals surface area contributed by atoms with Crippen LogP contribution in [0, 0.1) is 0 Å². The summed E-state index contributed by atoms with van der Waals surface area (Å²) in [6.45, 7) is 1.32. The number of carbonyl (C=O) groups excluding carboxylic acids is 1. The fourth-order valence-corrected chi connectivity index (χ4v) is 1.75. The first kappa shape index (κ1) is 14.6. The van der Waals surface area contributed by atoms with Crippen molar-refractivity contribution in [3.8, 4) is 0 Å². The predicted molar refractivity (Wildman–Crippen MR) is 77.3 cm³/mol. The van der Waals surface area contributed by atoms with E-state index < -0.39 is 5.97 Å². The zero-order valence-corrected chi connectivity index (χ0v) is 11.3. The molecule has 1 aromatic carbocycles. The molecule has 0 atom stereocenters.